The molecule has 0 amide bonds. The lowest BCUT2D eigenvalue weighted by molar-refractivity contribution is -0.118. The lowest BCUT2D eigenvalue weighted by atomic mass is 10.2. The van der Waals surface area contributed by atoms with E-state index in [0.29, 0.717) is 37.2 Å². The molecular weight excluding hydrogens is 168 g/mol. The van der Waals surface area contributed by atoms with Gasteiger partial charge in [0.2, 0.25) is 0 Å². The van der Waals surface area contributed by atoms with Gasteiger partial charge >= 0.3 is 0 Å². The van der Waals surface area contributed by atoms with Crippen molar-refractivity contribution in [2.75, 3.05) is 0 Å². The number of carbonyl (C=O) groups excluding carboxylic acids is 2. The Bertz CT molecular complexity index is 210. The van der Waals surface area contributed by atoms with Crippen LogP contribution >= 0.6 is 0 Å². The molecule has 0 aromatic carbocycles. The second kappa shape index (κ2) is 3.58. The maximum absolute atomic E-state index is 10.9. The summed E-state index contributed by atoms with van der Waals surface area (Å²) in [5.41, 5.74) is 0. The van der Waals surface area contributed by atoms with Gasteiger partial charge in [0.1, 0.15) is 11.6 Å². The molecule has 3 heteroatoms. The number of rotatable bonds is 2. The molecule has 2 saturated carbocycles. The largest absolute Gasteiger partial charge is 0.374 e. The number of ether oxygens (including phenoxy) is 1. The van der Waals surface area contributed by atoms with Gasteiger partial charge in [0.15, 0.2) is 0 Å². The molecule has 0 aliphatic heterocycles. The Kier molecular flexibility index (Phi) is 2.44. The summed E-state index contributed by atoms with van der Waals surface area (Å²) in [6, 6.07) is 0. The monoisotopic (exact) mass is 182 g/mol. The van der Waals surface area contributed by atoms with Gasteiger partial charge in [0, 0.05) is 25.7 Å². The van der Waals surface area contributed by atoms with Gasteiger partial charge in [0.25, 0.3) is 0 Å². The highest BCUT2D eigenvalue weighted by Crippen LogP contribution is 2.25. The van der Waals surface area contributed by atoms with E-state index < -0.39 is 0 Å². The quantitative estimate of drug-likeness (QED) is 0.645. The van der Waals surface area contributed by atoms with Crippen LogP contribution in [0.2, 0.25) is 0 Å². The second-order valence-electron chi connectivity index (χ2n) is 3.94. The van der Waals surface area contributed by atoms with Crippen molar-refractivity contribution in [2.45, 2.75) is 50.7 Å². The average molecular weight is 182 g/mol. The van der Waals surface area contributed by atoms with Crippen LogP contribution in [0.4, 0.5) is 0 Å². The van der Waals surface area contributed by atoms with Crippen molar-refractivity contribution in [3.8, 4) is 0 Å². The molecule has 3 nitrogen and oxygen atoms in total. The molecule has 2 atom stereocenters. The number of carbonyl (C=O) groups is 2. The molecule has 2 aliphatic carbocycles. The van der Waals surface area contributed by atoms with E-state index in [0.717, 1.165) is 12.8 Å². The highest BCUT2D eigenvalue weighted by Gasteiger charge is 2.29. The third-order valence-corrected chi connectivity index (χ3v) is 2.79. The van der Waals surface area contributed by atoms with E-state index in [9.17, 15) is 9.59 Å². The standard InChI is InChI=1S/C10H14O3/c11-7-1-3-9(5-7)13-10-4-2-8(12)6-10/h9-10H,1-6H2. The lowest BCUT2D eigenvalue weighted by Crippen LogP contribution is -2.17. The zero-order chi connectivity index (χ0) is 9.26. The van der Waals surface area contributed by atoms with Crippen molar-refractivity contribution in [3.63, 3.8) is 0 Å². The molecule has 13 heavy (non-hydrogen) atoms. The predicted octanol–water partition coefficient (Wildman–Crippen LogP) is 1.25. The van der Waals surface area contributed by atoms with E-state index in [1.807, 2.05) is 0 Å². The fourth-order valence-corrected chi connectivity index (χ4v) is 2.06. The summed E-state index contributed by atoms with van der Waals surface area (Å²) >= 11 is 0. The Morgan fingerprint density at radius 2 is 1.38 bits per heavy atom. The minimum atomic E-state index is 0.100. The molecule has 0 saturated heterocycles. The fraction of sp³-hybridized carbons (Fsp3) is 0.800. The van der Waals surface area contributed by atoms with Crippen molar-refractivity contribution in [2.24, 2.45) is 0 Å². The van der Waals surface area contributed by atoms with Gasteiger partial charge in [-0.25, -0.2) is 0 Å². The van der Waals surface area contributed by atoms with Gasteiger partial charge in [0.05, 0.1) is 12.2 Å². The molecule has 0 bridgehead atoms. The predicted molar refractivity (Wildman–Crippen MR) is 46.4 cm³/mol. The molecule has 0 aromatic rings. The molecule has 2 aliphatic rings. The van der Waals surface area contributed by atoms with Gasteiger partial charge in [-0.2, -0.15) is 0 Å². The summed E-state index contributed by atoms with van der Waals surface area (Å²) in [6.07, 6.45) is 4.34. The molecule has 2 unspecified atom stereocenters. The van der Waals surface area contributed by atoms with Gasteiger partial charge in [-0.1, -0.05) is 0 Å². The zero-order valence-electron chi connectivity index (χ0n) is 7.62. The number of Topliss-reactive ketones (excluding diaryl/α,β-unsaturated/α-hetero) is 2. The molecule has 0 N–H and O–H groups in total. The van der Waals surface area contributed by atoms with Crippen molar-refractivity contribution < 1.29 is 14.3 Å². The Labute approximate surface area is 77.4 Å². The molecule has 72 valence electrons. The Morgan fingerprint density at radius 3 is 1.69 bits per heavy atom. The number of hydrogen-bond donors (Lipinski definition) is 0. The maximum Gasteiger partial charge on any atom is 0.135 e. The molecule has 2 rings (SSSR count). The summed E-state index contributed by atoms with van der Waals surface area (Å²) in [7, 11) is 0. The van der Waals surface area contributed by atoms with Gasteiger partial charge in [-0.3, -0.25) is 9.59 Å². The van der Waals surface area contributed by atoms with E-state index in [1.54, 1.807) is 0 Å². The SMILES string of the molecule is O=C1CCC(OC2CCC(=O)C2)C1. The Balaban J connectivity index is 1.78. The van der Waals surface area contributed by atoms with Crippen LogP contribution in [0.1, 0.15) is 38.5 Å². The Hall–Kier alpha value is -0.700. The van der Waals surface area contributed by atoms with Crippen LogP contribution in [0.15, 0.2) is 0 Å². The van der Waals surface area contributed by atoms with Crippen LogP contribution < -0.4 is 0 Å². The summed E-state index contributed by atoms with van der Waals surface area (Å²) in [5, 5.41) is 0. The average Bonchev–Trinajstić information content (AvgIpc) is 2.62. The first kappa shape index (κ1) is 8.88. The first-order valence-corrected chi connectivity index (χ1v) is 4.93. The molecule has 0 aromatic heterocycles. The highest BCUT2D eigenvalue weighted by atomic mass is 16.5. The zero-order valence-corrected chi connectivity index (χ0v) is 7.62. The van der Waals surface area contributed by atoms with E-state index in [-0.39, 0.29) is 12.2 Å². The smallest absolute Gasteiger partial charge is 0.135 e. The van der Waals surface area contributed by atoms with Crippen LogP contribution in [0.5, 0.6) is 0 Å². The normalized spacial score (nSPS) is 34.5. The molecule has 2 fully saturated rings. The van der Waals surface area contributed by atoms with Crippen LogP contribution in [0, 0.1) is 0 Å². The first-order chi connectivity index (χ1) is 6.24. The summed E-state index contributed by atoms with van der Waals surface area (Å²) < 4.78 is 5.67. The van der Waals surface area contributed by atoms with Crippen molar-refractivity contribution in [1.82, 2.24) is 0 Å². The molecule has 0 spiro atoms. The van der Waals surface area contributed by atoms with Crippen LogP contribution in [-0.4, -0.2) is 23.8 Å². The summed E-state index contributed by atoms with van der Waals surface area (Å²) in [4.78, 5) is 21.9. The van der Waals surface area contributed by atoms with Crippen LogP contribution in [0.3, 0.4) is 0 Å². The van der Waals surface area contributed by atoms with Gasteiger partial charge in [-0.15, -0.1) is 0 Å². The highest BCUT2D eigenvalue weighted by molar-refractivity contribution is 5.81. The maximum atomic E-state index is 10.9. The van der Waals surface area contributed by atoms with Crippen molar-refractivity contribution in [3.05, 3.63) is 0 Å². The number of hydrogen-bond acceptors (Lipinski definition) is 3. The van der Waals surface area contributed by atoms with E-state index in [1.165, 1.54) is 0 Å². The van der Waals surface area contributed by atoms with Crippen molar-refractivity contribution >= 4 is 11.6 Å². The van der Waals surface area contributed by atoms with Gasteiger partial charge in [-0.05, 0) is 12.8 Å². The van der Waals surface area contributed by atoms with Gasteiger partial charge < -0.3 is 4.74 Å². The van der Waals surface area contributed by atoms with Crippen molar-refractivity contribution in [1.29, 1.82) is 0 Å². The Morgan fingerprint density at radius 1 is 0.923 bits per heavy atom. The summed E-state index contributed by atoms with van der Waals surface area (Å²) in [5.74, 6) is 0.601. The first-order valence-electron chi connectivity index (χ1n) is 4.93. The topological polar surface area (TPSA) is 43.4 Å². The third kappa shape index (κ3) is 2.15. The van der Waals surface area contributed by atoms with E-state index in [4.69, 9.17) is 4.74 Å². The fourth-order valence-electron chi connectivity index (χ4n) is 2.06. The minimum absolute atomic E-state index is 0.100. The second-order valence-corrected chi connectivity index (χ2v) is 3.94. The number of ketones is 2. The summed E-state index contributed by atoms with van der Waals surface area (Å²) in [6.45, 7) is 0. The lowest BCUT2D eigenvalue weighted by Gasteiger charge is -2.15. The molecular formula is C10H14O3. The minimum Gasteiger partial charge on any atom is -0.374 e. The molecule has 0 radical (unpaired) electrons. The van der Waals surface area contributed by atoms with E-state index >= 15 is 0 Å². The van der Waals surface area contributed by atoms with Crippen LogP contribution in [0.25, 0.3) is 0 Å². The van der Waals surface area contributed by atoms with E-state index in [2.05, 4.69) is 0 Å². The van der Waals surface area contributed by atoms with Crippen LogP contribution in [-0.2, 0) is 14.3 Å². The molecule has 0 heterocycles. The third-order valence-electron chi connectivity index (χ3n) is 2.79.